The number of pyridine rings is 1. The molecule has 0 unspecified atom stereocenters. The highest BCUT2D eigenvalue weighted by Crippen LogP contribution is 2.07. The summed E-state index contributed by atoms with van der Waals surface area (Å²) >= 11 is 3.23. The Morgan fingerprint density at radius 3 is 2.79 bits per heavy atom. The predicted octanol–water partition coefficient (Wildman–Crippen LogP) is 2.60. The molecule has 3 nitrogen and oxygen atoms in total. The van der Waals surface area contributed by atoms with E-state index >= 15 is 0 Å². The van der Waals surface area contributed by atoms with Crippen molar-refractivity contribution < 1.29 is 4.79 Å². The van der Waals surface area contributed by atoms with Crippen LogP contribution in [0.5, 0.6) is 0 Å². The molecule has 1 N–H and O–H groups in total. The number of aromatic nitrogens is 1. The van der Waals surface area contributed by atoms with Gasteiger partial charge in [0.1, 0.15) is 5.82 Å². The lowest BCUT2D eigenvalue weighted by molar-refractivity contribution is 0.101. The first-order valence-corrected chi connectivity index (χ1v) is 4.93. The largest absolute Gasteiger partial charge is 0.365 e. The van der Waals surface area contributed by atoms with Crippen LogP contribution in [0, 0.1) is 0 Å². The molecule has 14 heavy (non-hydrogen) atoms. The van der Waals surface area contributed by atoms with Crippen molar-refractivity contribution in [1.82, 2.24) is 4.98 Å². The molecule has 4 heteroatoms. The summed E-state index contributed by atoms with van der Waals surface area (Å²) in [6, 6.07) is 3.52. The summed E-state index contributed by atoms with van der Waals surface area (Å²) in [5, 5.41) is 3.04. The molecule has 1 aromatic rings. The van der Waals surface area contributed by atoms with E-state index in [0.717, 1.165) is 10.3 Å². The summed E-state index contributed by atoms with van der Waals surface area (Å²) < 4.78 is 0.856. The van der Waals surface area contributed by atoms with Crippen LogP contribution in [0.2, 0.25) is 0 Å². The van der Waals surface area contributed by atoms with Crippen LogP contribution in [0.4, 0.5) is 5.82 Å². The third kappa shape index (κ3) is 3.30. The summed E-state index contributed by atoms with van der Waals surface area (Å²) in [7, 11) is 0. The average molecular weight is 255 g/mol. The molecule has 0 atom stereocenters. The van der Waals surface area contributed by atoms with Crippen LogP contribution in [0.1, 0.15) is 17.3 Å². The van der Waals surface area contributed by atoms with E-state index in [9.17, 15) is 4.79 Å². The van der Waals surface area contributed by atoms with E-state index in [1.165, 1.54) is 6.92 Å². The molecule has 0 aliphatic carbocycles. The van der Waals surface area contributed by atoms with Gasteiger partial charge in [0.2, 0.25) is 0 Å². The van der Waals surface area contributed by atoms with Crippen molar-refractivity contribution in [3.8, 4) is 0 Å². The standard InChI is InChI=1S/C10H11BrN2O/c1-7(11)5-12-10-4-3-9(6-13-10)8(2)14/h3-4,6H,1,5H2,2H3,(H,12,13). The van der Waals surface area contributed by atoms with Crippen molar-refractivity contribution >= 4 is 27.5 Å². The second-order valence-corrected chi connectivity index (χ2v) is 3.98. The van der Waals surface area contributed by atoms with Crippen LogP contribution in [-0.2, 0) is 0 Å². The Hall–Kier alpha value is -1.16. The minimum Gasteiger partial charge on any atom is -0.365 e. The number of hydrogen-bond donors (Lipinski definition) is 1. The van der Waals surface area contributed by atoms with Gasteiger partial charge in [0.05, 0.1) is 0 Å². The lowest BCUT2D eigenvalue weighted by Gasteiger charge is -2.03. The van der Waals surface area contributed by atoms with Gasteiger partial charge in [0.25, 0.3) is 0 Å². The van der Waals surface area contributed by atoms with Crippen molar-refractivity contribution in [3.05, 3.63) is 35.0 Å². The van der Waals surface area contributed by atoms with Crippen LogP contribution >= 0.6 is 15.9 Å². The number of hydrogen-bond acceptors (Lipinski definition) is 3. The van der Waals surface area contributed by atoms with Crippen LogP contribution in [-0.4, -0.2) is 17.3 Å². The fraction of sp³-hybridized carbons (Fsp3) is 0.200. The minimum atomic E-state index is 0.0222. The number of rotatable bonds is 4. The summed E-state index contributed by atoms with van der Waals surface area (Å²) in [5.74, 6) is 0.754. The first-order valence-electron chi connectivity index (χ1n) is 4.13. The van der Waals surface area contributed by atoms with Crippen molar-refractivity contribution in [3.63, 3.8) is 0 Å². The summed E-state index contributed by atoms with van der Waals surface area (Å²) in [5.41, 5.74) is 0.619. The monoisotopic (exact) mass is 254 g/mol. The zero-order chi connectivity index (χ0) is 10.6. The van der Waals surface area contributed by atoms with Crippen molar-refractivity contribution in [2.75, 3.05) is 11.9 Å². The van der Waals surface area contributed by atoms with Crippen LogP contribution in [0.25, 0.3) is 0 Å². The van der Waals surface area contributed by atoms with Crippen molar-refractivity contribution in [1.29, 1.82) is 0 Å². The highest BCUT2D eigenvalue weighted by atomic mass is 79.9. The predicted molar refractivity (Wildman–Crippen MR) is 60.8 cm³/mol. The maximum absolute atomic E-state index is 10.9. The second kappa shape index (κ2) is 4.91. The van der Waals surface area contributed by atoms with Crippen LogP contribution in [0.3, 0.4) is 0 Å². The van der Waals surface area contributed by atoms with Gasteiger partial charge in [-0.1, -0.05) is 22.5 Å². The van der Waals surface area contributed by atoms with Gasteiger partial charge in [-0.3, -0.25) is 4.79 Å². The van der Waals surface area contributed by atoms with Crippen molar-refractivity contribution in [2.45, 2.75) is 6.92 Å². The summed E-state index contributed by atoms with van der Waals surface area (Å²) in [4.78, 5) is 15.0. The van der Waals surface area contributed by atoms with Crippen molar-refractivity contribution in [2.24, 2.45) is 0 Å². The van der Waals surface area contributed by atoms with E-state index in [2.05, 4.69) is 32.8 Å². The fourth-order valence-electron chi connectivity index (χ4n) is 0.893. The van der Waals surface area contributed by atoms with Gasteiger partial charge in [-0.25, -0.2) is 4.98 Å². The molecular weight excluding hydrogens is 244 g/mol. The lowest BCUT2D eigenvalue weighted by atomic mass is 10.2. The molecular formula is C10H11BrN2O. The number of Topliss-reactive ketones (excluding diaryl/α,β-unsaturated/α-hetero) is 1. The summed E-state index contributed by atoms with van der Waals surface area (Å²) in [6.45, 7) is 5.82. The molecule has 0 radical (unpaired) electrons. The molecule has 1 heterocycles. The van der Waals surface area contributed by atoms with Crippen LogP contribution < -0.4 is 5.32 Å². The molecule has 0 fully saturated rings. The molecule has 0 saturated carbocycles. The van der Waals surface area contributed by atoms with Gasteiger partial charge < -0.3 is 5.32 Å². The van der Waals surface area contributed by atoms with E-state index in [-0.39, 0.29) is 5.78 Å². The Morgan fingerprint density at radius 1 is 1.64 bits per heavy atom. The zero-order valence-electron chi connectivity index (χ0n) is 7.88. The van der Waals surface area contributed by atoms with E-state index in [1.807, 2.05) is 0 Å². The molecule has 0 spiro atoms. The maximum atomic E-state index is 10.9. The number of ketones is 1. The van der Waals surface area contributed by atoms with E-state index in [1.54, 1.807) is 18.3 Å². The number of nitrogens with one attached hydrogen (secondary N) is 1. The molecule has 1 aromatic heterocycles. The third-order valence-corrected chi connectivity index (χ3v) is 1.91. The second-order valence-electron chi connectivity index (χ2n) is 2.86. The number of nitrogens with zero attached hydrogens (tertiary/aromatic N) is 1. The third-order valence-electron chi connectivity index (χ3n) is 1.63. The number of halogens is 1. The van der Waals surface area contributed by atoms with Gasteiger partial charge in [-0.2, -0.15) is 0 Å². The fourth-order valence-corrected chi connectivity index (χ4v) is 1.03. The zero-order valence-corrected chi connectivity index (χ0v) is 9.47. The van der Waals surface area contributed by atoms with E-state index in [0.29, 0.717) is 12.1 Å². The molecule has 0 saturated heterocycles. The molecule has 1 rings (SSSR count). The Morgan fingerprint density at radius 2 is 2.36 bits per heavy atom. The lowest BCUT2D eigenvalue weighted by Crippen LogP contribution is -2.03. The Bertz CT molecular complexity index is 346. The number of anilines is 1. The molecule has 0 aliphatic heterocycles. The average Bonchev–Trinajstić information content (AvgIpc) is 2.15. The highest BCUT2D eigenvalue weighted by molar-refractivity contribution is 9.11. The van der Waals surface area contributed by atoms with Crippen LogP contribution in [0.15, 0.2) is 29.4 Å². The van der Waals surface area contributed by atoms with Gasteiger partial charge >= 0.3 is 0 Å². The molecule has 74 valence electrons. The Balaban J connectivity index is 2.64. The normalized spacial score (nSPS) is 9.57. The smallest absolute Gasteiger partial charge is 0.161 e. The first kappa shape index (κ1) is 10.9. The SMILES string of the molecule is C=C(Br)CNc1ccc(C(C)=O)cn1. The quantitative estimate of drug-likeness (QED) is 0.841. The molecule has 0 aliphatic rings. The van der Waals surface area contributed by atoms with Gasteiger partial charge in [0.15, 0.2) is 5.78 Å². The molecule has 0 amide bonds. The minimum absolute atomic E-state index is 0.0222. The Kier molecular flexibility index (Phi) is 3.83. The van der Waals surface area contributed by atoms with E-state index < -0.39 is 0 Å². The topological polar surface area (TPSA) is 42.0 Å². The van der Waals surface area contributed by atoms with Gasteiger partial charge in [-0.15, -0.1) is 0 Å². The first-order chi connectivity index (χ1) is 6.59. The van der Waals surface area contributed by atoms with Gasteiger partial charge in [0, 0.05) is 22.8 Å². The molecule has 0 bridgehead atoms. The highest BCUT2D eigenvalue weighted by Gasteiger charge is 1.99. The summed E-state index contributed by atoms with van der Waals surface area (Å²) in [6.07, 6.45) is 1.56. The number of carbonyl (C=O) groups is 1. The maximum Gasteiger partial charge on any atom is 0.161 e. The Labute approximate surface area is 91.4 Å². The number of carbonyl (C=O) groups excluding carboxylic acids is 1. The van der Waals surface area contributed by atoms with Gasteiger partial charge in [-0.05, 0) is 19.1 Å². The van der Waals surface area contributed by atoms with E-state index in [4.69, 9.17) is 0 Å². The molecule has 0 aromatic carbocycles.